The Morgan fingerprint density at radius 1 is 1.10 bits per heavy atom. The number of nitrogens with one attached hydrogen (secondary N) is 1. The van der Waals surface area contributed by atoms with Gasteiger partial charge in [0.2, 0.25) is 0 Å². The lowest BCUT2D eigenvalue weighted by Crippen LogP contribution is -1.93. The van der Waals surface area contributed by atoms with Gasteiger partial charge in [-0.2, -0.15) is 0 Å². The van der Waals surface area contributed by atoms with E-state index in [0.717, 1.165) is 32.5 Å². The van der Waals surface area contributed by atoms with Gasteiger partial charge in [0.15, 0.2) is 5.13 Å². The Hall–Kier alpha value is -1.98. The predicted molar refractivity (Wildman–Crippen MR) is 87.5 cm³/mol. The fourth-order valence-corrected chi connectivity index (χ4v) is 3.06. The smallest absolute Gasteiger partial charge is 0.188 e. The highest BCUT2D eigenvalue weighted by atomic mass is 35.5. The van der Waals surface area contributed by atoms with Gasteiger partial charge in [-0.05, 0) is 36.4 Å². The summed E-state index contributed by atoms with van der Waals surface area (Å²) in [5.74, 6) is 1.54. The van der Waals surface area contributed by atoms with Crippen LogP contribution < -0.4 is 14.8 Å². The average Bonchev–Trinajstić information content (AvgIpc) is 2.88. The molecule has 6 heteroatoms. The van der Waals surface area contributed by atoms with Gasteiger partial charge in [0.25, 0.3) is 0 Å². The first-order chi connectivity index (χ1) is 10.2. The first kappa shape index (κ1) is 14.0. The summed E-state index contributed by atoms with van der Waals surface area (Å²) >= 11 is 7.58. The quantitative estimate of drug-likeness (QED) is 0.756. The van der Waals surface area contributed by atoms with E-state index in [0.29, 0.717) is 5.02 Å². The molecule has 3 aromatic rings. The molecule has 0 atom stereocenters. The number of aromatic nitrogens is 1. The lowest BCUT2D eigenvalue weighted by atomic mass is 10.3. The van der Waals surface area contributed by atoms with Crippen LogP contribution in [-0.2, 0) is 0 Å². The second kappa shape index (κ2) is 5.79. The maximum atomic E-state index is 6.03. The number of hydrogen-bond acceptors (Lipinski definition) is 5. The SMILES string of the molecule is COc1ccc2nc(Nc3cc(Cl)ccc3OC)sc2c1. The van der Waals surface area contributed by atoms with Crippen molar-refractivity contribution in [3.63, 3.8) is 0 Å². The van der Waals surface area contributed by atoms with Gasteiger partial charge in [0.1, 0.15) is 11.5 Å². The van der Waals surface area contributed by atoms with Gasteiger partial charge in [0, 0.05) is 5.02 Å². The summed E-state index contributed by atoms with van der Waals surface area (Å²) < 4.78 is 11.6. The van der Waals surface area contributed by atoms with Gasteiger partial charge in [-0.15, -0.1) is 0 Å². The van der Waals surface area contributed by atoms with Crippen LogP contribution in [0.3, 0.4) is 0 Å². The minimum atomic E-state index is 0.640. The van der Waals surface area contributed by atoms with Crippen LogP contribution in [0.15, 0.2) is 36.4 Å². The Labute approximate surface area is 131 Å². The van der Waals surface area contributed by atoms with E-state index >= 15 is 0 Å². The topological polar surface area (TPSA) is 43.4 Å². The molecule has 21 heavy (non-hydrogen) atoms. The Bertz CT molecular complexity index is 788. The molecule has 0 bridgehead atoms. The summed E-state index contributed by atoms with van der Waals surface area (Å²) in [7, 11) is 3.27. The molecule has 0 saturated carbocycles. The number of halogens is 1. The van der Waals surface area contributed by atoms with E-state index in [4.69, 9.17) is 21.1 Å². The van der Waals surface area contributed by atoms with E-state index in [1.807, 2.05) is 30.3 Å². The van der Waals surface area contributed by atoms with Crippen molar-refractivity contribution in [1.29, 1.82) is 0 Å². The van der Waals surface area contributed by atoms with Crippen LogP contribution in [0.4, 0.5) is 10.8 Å². The van der Waals surface area contributed by atoms with Gasteiger partial charge in [-0.25, -0.2) is 4.98 Å². The highest BCUT2D eigenvalue weighted by molar-refractivity contribution is 7.22. The summed E-state index contributed by atoms with van der Waals surface area (Å²) in [5, 5.41) is 4.66. The number of anilines is 2. The molecular weight excluding hydrogens is 308 g/mol. The molecule has 0 spiro atoms. The summed E-state index contributed by atoms with van der Waals surface area (Å²) in [4.78, 5) is 4.54. The van der Waals surface area contributed by atoms with Gasteiger partial charge >= 0.3 is 0 Å². The lowest BCUT2D eigenvalue weighted by molar-refractivity contribution is 0.415. The van der Waals surface area contributed by atoms with Gasteiger partial charge in [-0.3, -0.25) is 0 Å². The van der Waals surface area contributed by atoms with Crippen molar-refractivity contribution in [3.8, 4) is 11.5 Å². The van der Waals surface area contributed by atoms with Gasteiger partial charge in [-0.1, -0.05) is 22.9 Å². The fourth-order valence-electron chi connectivity index (χ4n) is 1.98. The van der Waals surface area contributed by atoms with Crippen molar-refractivity contribution < 1.29 is 9.47 Å². The van der Waals surface area contributed by atoms with E-state index in [1.165, 1.54) is 0 Å². The number of thiazole rings is 1. The molecule has 1 heterocycles. The van der Waals surface area contributed by atoms with E-state index in [9.17, 15) is 0 Å². The number of methoxy groups -OCH3 is 2. The molecule has 0 aliphatic rings. The maximum Gasteiger partial charge on any atom is 0.188 e. The highest BCUT2D eigenvalue weighted by Crippen LogP contribution is 2.34. The first-order valence-corrected chi connectivity index (χ1v) is 7.44. The molecule has 4 nitrogen and oxygen atoms in total. The summed E-state index contributed by atoms with van der Waals surface area (Å²) in [5.41, 5.74) is 1.71. The number of nitrogens with zero attached hydrogens (tertiary/aromatic N) is 1. The zero-order valence-electron chi connectivity index (χ0n) is 11.5. The van der Waals surface area contributed by atoms with E-state index in [1.54, 1.807) is 31.6 Å². The third-order valence-corrected chi connectivity index (χ3v) is 4.17. The molecule has 108 valence electrons. The second-order valence-electron chi connectivity index (χ2n) is 4.32. The van der Waals surface area contributed by atoms with Crippen LogP contribution in [0, 0.1) is 0 Å². The van der Waals surface area contributed by atoms with Crippen molar-refractivity contribution in [2.24, 2.45) is 0 Å². The molecular formula is C15H13ClN2O2S. The fraction of sp³-hybridized carbons (Fsp3) is 0.133. The first-order valence-electron chi connectivity index (χ1n) is 6.25. The third kappa shape index (κ3) is 2.89. The summed E-state index contributed by atoms with van der Waals surface area (Å²) in [6, 6.07) is 11.2. The molecule has 0 aliphatic carbocycles. The number of hydrogen-bond donors (Lipinski definition) is 1. The van der Waals surface area contributed by atoms with E-state index < -0.39 is 0 Å². The Kier molecular flexibility index (Phi) is 3.86. The summed E-state index contributed by atoms with van der Waals surface area (Å²) in [6.45, 7) is 0. The van der Waals surface area contributed by atoms with Gasteiger partial charge < -0.3 is 14.8 Å². The van der Waals surface area contributed by atoms with Crippen LogP contribution in [-0.4, -0.2) is 19.2 Å². The van der Waals surface area contributed by atoms with Crippen molar-refractivity contribution in [2.45, 2.75) is 0 Å². The number of fused-ring (bicyclic) bond motifs is 1. The zero-order valence-corrected chi connectivity index (χ0v) is 13.1. The Morgan fingerprint density at radius 3 is 2.71 bits per heavy atom. The van der Waals surface area contributed by atoms with Crippen LogP contribution in [0.1, 0.15) is 0 Å². The molecule has 0 saturated heterocycles. The molecule has 3 rings (SSSR count). The summed E-state index contributed by atoms with van der Waals surface area (Å²) in [6.07, 6.45) is 0. The largest absolute Gasteiger partial charge is 0.497 e. The van der Waals surface area contributed by atoms with Crippen LogP contribution >= 0.6 is 22.9 Å². The van der Waals surface area contributed by atoms with Crippen LogP contribution in [0.25, 0.3) is 10.2 Å². The second-order valence-corrected chi connectivity index (χ2v) is 5.79. The van der Waals surface area contributed by atoms with Crippen LogP contribution in [0.5, 0.6) is 11.5 Å². The molecule has 1 aromatic heterocycles. The Morgan fingerprint density at radius 2 is 1.95 bits per heavy atom. The number of benzene rings is 2. The molecule has 0 aliphatic heterocycles. The number of ether oxygens (including phenoxy) is 2. The highest BCUT2D eigenvalue weighted by Gasteiger charge is 2.09. The molecule has 0 amide bonds. The van der Waals surface area contributed by atoms with E-state index in [2.05, 4.69) is 10.3 Å². The molecule has 0 fully saturated rings. The normalized spacial score (nSPS) is 10.6. The van der Waals surface area contributed by atoms with Gasteiger partial charge in [0.05, 0.1) is 30.1 Å². The lowest BCUT2D eigenvalue weighted by Gasteiger charge is -2.08. The zero-order chi connectivity index (χ0) is 14.8. The van der Waals surface area contributed by atoms with Crippen LogP contribution in [0.2, 0.25) is 5.02 Å². The maximum absolute atomic E-state index is 6.03. The van der Waals surface area contributed by atoms with Crippen molar-refractivity contribution in [3.05, 3.63) is 41.4 Å². The number of rotatable bonds is 4. The van der Waals surface area contributed by atoms with E-state index in [-0.39, 0.29) is 0 Å². The van der Waals surface area contributed by atoms with Crippen molar-refractivity contribution in [2.75, 3.05) is 19.5 Å². The third-order valence-electron chi connectivity index (χ3n) is 3.00. The standard InChI is InChI=1S/C15H13ClN2O2S/c1-19-10-4-5-11-14(8-10)21-15(17-11)18-12-7-9(16)3-6-13(12)20-2/h3-8H,1-2H3,(H,17,18). The Balaban J connectivity index is 1.96. The molecule has 2 aromatic carbocycles. The predicted octanol–water partition coefficient (Wildman–Crippen LogP) is 4.71. The molecule has 1 N–H and O–H groups in total. The molecule has 0 radical (unpaired) electrons. The average molecular weight is 321 g/mol. The van der Waals surface area contributed by atoms with Crippen molar-refractivity contribution in [1.82, 2.24) is 4.98 Å². The minimum absolute atomic E-state index is 0.640. The van der Waals surface area contributed by atoms with Crippen molar-refractivity contribution >= 4 is 44.0 Å². The monoisotopic (exact) mass is 320 g/mol. The molecule has 0 unspecified atom stereocenters. The minimum Gasteiger partial charge on any atom is -0.497 e.